The van der Waals surface area contributed by atoms with Crippen molar-refractivity contribution < 1.29 is 21.9 Å². The highest BCUT2D eigenvalue weighted by atomic mass is 32.2. The molecule has 3 aromatic rings. The summed E-state index contributed by atoms with van der Waals surface area (Å²) in [7, 11) is -4.42. The number of nitrogens with zero attached hydrogens (tertiary/aromatic N) is 3. The Morgan fingerprint density at radius 1 is 1.27 bits per heavy atom. The van der Waals surface area contributed by atoms with Crippen molar-refractivity contribution in [3.63, 3.8) is 0 Å². The van der Waals surface area contributed by atoms with Crippen molar-refractivity contribution in [3.05, 3.63) is 35.7 Å². The largest absolute Gasteiger partial charge is 0.384 e. The summed E-state index contributed by atoms with van der Waals surface area (Å²) in [5.41, 5.74) is 5.98. The van der Waals surface area contributed by atoms with Crippen LogP contribution in [0.25, 0.3) is 11.0 Å². The van der Waals surface area contributed by atoms with Crippen molar-refractivity contribution in [1.29, 1.82) is 0 Å². The Hall–Kier alpha value is -2.79. The molecule has 0 bridgehead atoms. The fourth-order valence-corrected chi connectivity index (χ4v) is 5.18. The molecule has 0 unspecified atom stereocenters. The second-order valence-electron chi connectivity index (χ2n) is 7.79. The third-order valence-corrected chi connectivity index (χ3v) is 6.76. The first-order valence-corrected chi connectivity index (χ1v) is 10.7. The van der Waals surface area contributed by atoms with Gasteiger partial charge in [-0.1, -0.05) is 0 Å². The minimum Gasteiger partial charge on any atom is -0.384 e. The Labute approximate surface area is 172 Å². The maximum Gasteiger partial charge on any atom is 0.215 e. The van der Waals surface area contributed by atoms with Gasteiger partial charge in [0.05, 0.1) is 12.2 Å². The number of benzene rings is 1. The van der Waals surface area contributed by atoms with E-state index in [0.717, 1.165) is 12.1 Å². The molecule has 1 fully saturated rings. The first-order chi connectivity index (χ1) is 14.0. The Balaban J connectivity index is 1.93. The van der Waals surface area contributed by atoms with E-state index in [1.54, 1.807) is 6.92 Å². The number of hydrogen-bond acceptors (Lipinski definition) is 7. The second kappa shape index (κ2) is 6.88. The quantitative estimate of drug-likeness (QED) is 0.605. The molecular weight excluding hydrogens is 416 g/mol. The van der Waals surface area contributed by atoms with Crippen LogP contribution in [0.3, 0.4) is 0 Å². The lowest BCUT2D eigenvalue weighted by atomic mass is 10.1. The molecule has 1 saturated heterocycles. The van der Waals surface area contributed by atoms with E-state index in [-0.39, 0.29) is 16.2 Å². The predicted molar refractivity (Wildman–Crippen MR) is 107 cm³/mol. The summed E-state index contributed by atoms with van der Waals surface area (Å²) >= 11 is 0. The van der Waals surface area contributed by atoms with Crippen LogP contribution in [0.1, 0.15) is 19.7 Å². The number of morpholine rings is 1. The number of ether oxygens (including phenoxy) is 1. The first kappa shape index (κ1) is 20.5. The Kier molecular flexibility index (Phi) is 4.70. The summed E-state index contributed by atoms with van der Waals surface area (Å²) in [6.07, 6.45) is 0. The zero-order valence-electron chi connectivity index (χ0n) is 16.7. The third-order valence-electron chi connectivity index (χ3n) is 4.90. The standard InChI is InChI=1S/C19H21F2N5O3S/c1-10-23-14-15(18(24-10)26-6-7-29-19(2,3)9-26)25-17(22)16(14)30(27,28)13-5-4-11(20)8-12(13)21/h4-5,8,25H,6-7,9,22H2,1-3H3. The molecule has 0 aliphatic carbocycles. The maximum absolute atomic E-state index is 14.3. The van der Waals surface area contributed by atoms with Gasteiger partial charge in [-0.2, -0.15) is 0 Å². The number of nitrogens with one attached hydrogen (secondary N) is 1. The van der Waals surface area contributed by atoms with E-state index in [9.17, 15) is 17.2 Å². The molecule has 0 spiro atoms. The lowest BCUT2D eigenvalue weighted by Crippen LogP contribution is -2.48. The minimum absolute atomic E-state index is 0.0584. The number of fused-ring (bicyclic) bond motifs is 1. The van der Waals surface area contributed by atoms with Crippen molar-refractivity contribution in [2.45, 2.75) is 36.2 Å². The maximum atomic E-state index is 14.3. The average Bonchev–Trinajstić information content (AvgIpc) is 2.96. The monoisotopic (exact) mass is 437 g/mol. The fourth-order valence-electron chi connectivity index (χ4n) is 3.66. The summed E-state index contributed by atoms with van der Waals surface area (Å²) in [4.78, 5) is 12.5. The van der Waals surface area contributed by atoms with Crippen molar-refractivity contribution in [3.8, 4) is 0 Å². The van der Waals surface area contributed by atoms with Gasteiger partial charge in [0.15, 0.2) is 5.82 Å². The number of aromatic nitrogens is 3. The molecule has 4 rings (SSSR count). The number of anilines is 2. The summed E-state index contributed by atoms with van der Waals surface area (Å²) in [6, 6.07) is 2.26. The van der Waals surface area contributed by atoms with Crippen LogP contribution in [0, 0.1) is 18.6 Å². The molecule has 2 aromatic heterocycles. The number of nitrogens with two attached hydrogens (primary N) is 1. The van der Waals surface area contributed by atoms with Gasteiger partial charge in [-0.3, -0.25) is 0 Å². The molecule has 1 aliphatic heterocycles. The lowest BCUT2D eigenvalue weighted by Gasteiger charge is -2.38. The van der Waals surface area contributed by atoms with Crippen LogP contribution < -0.4 is 10.6 Å². The van der Waals surface area contributed by atoms with Gasteiger partial charge in [0.1, 0.15) is 44.1 Å². The summed E-state index contributed by atoms with van der Waals surface area (Å²) in [5.74, 6) is -1.46. The molecule has 3 N–H and O–H groups in total. The molecule has 30 heavy (non-hydrogen) atoms. The van der Waals surface area contributed by atoms with E-state index in [4.69, 9.17) is 10.5 Å². The Morgan fingerprint density at radius 3 is 2.67 bits per heavy atom. The van der Waals surface area contributed by atoms with E-state index in [0.29, 0.717) is 42.9 Å². The minimum atomic E-state index is -4.42. The molecule has 0 saturated carbocycles. The zero-order chi connectivity index (χ0) is 21.8. The number of nitrogen functional groups attached to an aromatic ring is 1. The van der Waals surface area contributed by atoms with Gasteiger partial charge in [0.25, 0.3) is 0 Å². The van der Waals surface area contributed by atoms with Crippen molar-refractivity contribution in [1.82, 2.24) is 15.0 Å². The molecule has 0 atom stereocenters. The smallest absolute Gasteiger partial charge is 0.215 e. The number of halogens is 2. The van der Waals surface area contributed by atoms with Gasteiger partial charge in [0.2, 0.25) is 9.84 Å². The highest BCUT2D eigenvalue weighted by Crippen LogP contribution is 2.37. The molecule has 8 nitrogen and oxygen atoms in total. The third kappa shape index (κ3) is 3.37. The second-order valence-corrected chi connectivity index (χ2v) is 9.65. The van der Waals surface area contributed by atoms with E-state index in [2.05, 4.69) is 15.0 Å². The van der Waals surface area contributed by atoms with Crippen LogP contribution >= 0.6 is 0 Å². The number of hydrogen-bond donors (Lipinski definition) is 2. The number of rotatable bonds is 3. The summed E-state index contributed by atoms with van der Waals surface area (Å²) in [5, 5.41) is 0. The Morgan fingerprint density at radius 2 is 2.00 bits per heavy atom. The fraction of sp³-hybridized carbons (Fsp3) is 0.368. The van der Waals surface area contributed by atoms with Gasteiger partial charge in [0, 0.05) is 19.2 Å². The number of sulfone groups is 1. The predicted octanol–water partition coefficient (Wildman–Crippen LogP) is 2.57. The van der Waals surface area contributed by atoms with Crippen molar-refractivity contribution in [2.24, 2.45) is 0 Å². The molecule has 1 aliphatic rings. The van der Waals surface area contributed by atoms with Crippen LogP contribution in [-0.4, -0.2) is 48.7 Å². The SMILES string of the molecule is Cc1nc(N2CCOC(C)(C)C2)c2[nH]c(N)c(S(=O)(=O)c3ccc(F)cc3F)c2n1. The van der Waals surface area contributed by atoms with Crippen LogP contribution in [0.5, 0.6) is 0 Å². The van der Waals surface area contributed by atoms with E-state index < -0.39 is 32.0 Å². The van der Waals surface area contributed by atoms with Gasteiger partial charge in [-0.05, 0) is 32.9 Å². The van der Waals surface area contributed by atoms with E-state index >= 15 is 0 Å². The van der Waals surface area contributed by atoms with Crippen LogP contribution in [0.4, 0.5) is 20.4 Å². The summed E-state index contributed by atoms with van der Waals surface area (Å²) < 4.78 is 59.7. The van der Waals surface area contributed by atoms with E-state index in [1.807, 2.05) is 18.7 Å². The lowest BCUT2D eigenvalue weighted by molar-refractivity contribution is -0.0278. The normalized spacial score (nSPS) is 16.9. The Bertz CT molecular complexity index is 1260. The highest BCUT2D eigenvalue weighted by Gasteiger charge is 2.33. The highest BCUT2D eigenvalue weighted by molar-refractivity contribution is 7.92. The van der Waals surface area contributed by atoms with Gasteiger partial charge in [-0.25, -0.2) is 27.2 Å². The van der Waals surface area contributed by atoms with Gasteiger partial charge < -0.3 is 20.4 Å². The molecular formula is C19H21F2N5O3S. The van der Waals surface area contributed by atoms with Crippen LogP contribution in [-0.2, 0) is 14.6 Å². The molecule has 1 aromatic carbocycles. The first-order valence-electron chi connectivity index (χ1n) is 9.24. The molecule has 0 radical (unpaired) electrons. The van der Waals surface area contributed by atoms with Crippen molar-refractivity contribution >= 4 is 32.5 Å². The molecule has 160 valence electrons. The number of aromatic amines is 1. The molecule has 11 heteroatoms. The topological polar surface area (TPSA) is 114 Å². The van der Waals surface area contributed by atoms with Crippen LogP contribution in [0.15, 0.2) is 28.0 Å². The van der Waals surface area contributed by atoms with E-state index in [1.165, 1.54) is 0 Å². The van der Waals surface area contributed by atoms with Crippen molar-refractivity contribution in [2.75, 3.05) is 30.3 Å². The van der Waals surface area contributed by atoms with Gasteiger partial charge >= 0.3 is 0 Å². The summed E-state index contributed by atoms with van der Waals surface area (Å²) in [6.45, 7) is 7.06. The number of aryl methyl sites for hydroxylation is 1. The van der Waals surface area contributed by atoms with Crippen LogP contribution in [0.2, 0.25) is 0 Å². The average molecular weight is 437 g/mol. The zero-order valence-corrected chi connectivity index (χ0v) is 17.5. The number of H-pyrrole nitrogens is 1. The molecule has 3 heterocycles. The molecule has 0 amide bonds. The van der Waals surface area contributed by atoms with Gasteiger partial charge in [-0.15, -0.1) is 0 Å².